The molecule has 0 aromatic rings. The van der Waals surface area contributed by atoms with Crippen molar-refractivity contribution in [3.63, 3.8) is 0 Å². The zero-order valence-corrected chi connectivity index (χ0v) is 5.45. The molecular weight excluding hydrogens is 124 g/mol. The van der Waals surface area contributed by atoms with Crippen molar-refractivity contribution >= 4 is 11.6 Å². The number of halogens is 1. The number of rotatable bonds is 4. The summed E-state index contributed by atoms with van der Waals surface area (Å²) in [5.41, 5.74) is 0. The molecule has 0 heterocycles. The third kappa shape index (κ3) is 5.81. The van der Waals surface area contributed by atoms with Gasteiger partial charge < -0.3 is 4.74 Å². The Balaban J connectivity index is 2.65. The lowest BCUT2D eigenvalue weighted by Gasteiger charge is -1.93. The fraction of sp³-hybridized carbons (Fsp3) is 0.667. The lowest BCUT2D eigenvalue weighted by molar-refractivity contribution is 0.168. The quantitative estimate of drug-likeness (QED) is 0.318. The van der Waals surface area contributed by atoms with Crippen molar-refractivity contribution in [1.82, 2.24) is 0 Å². The Labute approximate surface area is 55.0 Å². The molecule has 0 radical (unpaired) electrons. The van der Waals surface area contributed by atoms with Crippen LogP contribution in [0.4, 0.5) is 0 Å². The summed E-state index contributed by atoms with van der Waals surface area (Å²) in [6.07, 6.45) is 5.78. The van der Waals surface area contributed by atoms with Crippen LogP contribution in [0.2, 0.25) is 0 Å². The number of ether oxygens (including phenoxy) is 1. The Morgan fingerprint density at radius 1 is 1.62 bits per heavy atom. The molecule has 0 atom stereocenters. The van der Waals surface area contributed by atoms with Crippen molar-refractivity contribution in [2.45, 2.75) is 6.42 Å². The summed E-state index contributed by atoms with van der Waals surface area (Å²) >= 11 is 5.35. The monoisotopic (exact) mass is 132 g/mol. The smallest absolute Gasteiger partial charge is 0.107 e. The third-order valence-corrected chi connectivity index (χ3v) is 0.875. The molecule has 0 saturated heterocycles. The lowest BCUT2D eigenvalue weighted by Crippen LogP contribution is -1.94. The van der Waals surface area contributed by atoms with Crippen molar-refractivity contribution < 1.29 is 4.74 Å². The van der Waals surface area contributed by atoms with Crippen molar-refractivity contribution in [2.24, 2.45) is 0 Å². The second-order valence-corrected chi connectivity index (χ2v) is 1.68. The van der Waals surface area contributed by atoms with Gasteiger partial charge in [-0.15, -0.1) is 18.0 Å². The second-order valence-electron chi connectivity index (χ2n) is 1.30. The van der Waals surface area contributed by atoms with Gasteiger partial charge in [0.05, 0.1) is 0 Å². The van der Waals surface area contributed by atoms with Gasteiger partial charge in [-0.25, -0.2) is 0 Å². The molecule has 0 saturated carbocycles. The first-order valence-corrected chi connectivity index (χ1v) is 3.02. The van der Waals surface area contributed by atoms with Crippen LogP contribution in [0.3, 0.4) is 0 Å². The van der Waals surface area contributed by atoms with Crippen LogP contribution in [-0.2, 0) is 4.74 Å². The van der Waals surface area contributed by atoms with Crippen LogP contribution in [0.1, 0.15) is 6.42 Å². The van der Waals surface area contributed by atoms with Gasteiger partial charge in [-0.1, -0.05) is 5.92 Å². The summed E-state index contributed by atoms with van der Waals surface area (Å²) < 4.78 is 4.90. The molecule has 8 heavy (non-hydrogen) atoms. The Bertz CT molecular complexity index is 75.1. The van der Waals surface area contributed by atoms with E-state index in [-0.39, 0.29) is 0 Å². The largest absolute Gasteiger partial charge is 0.369 e. The number of hydrogen-bond acceptors (Lipinski definition) is 1. The Kier molecular flexibility index (Phi) is 6.65. The van der Waals surface area contributed by atoms with Crippen molar-refractivity contribution in [3.05, 3.63) is 0 Å². The molecule has 0 rings (SSSR count). The summed E-state index contributed by atoms with van der Waals surface area (Å²) in [6.45, 7) is 1.07. The minimum Gasteiger partial charge on any atom is -0.369 e. The standard InChI is InChI=1S/C6H9ClO/c1-2-5-8-6-3-4-7/h1H,3-6H2. The highest BCUT2D eigenvalue weighted by atomic mass is 35.5. The average molecular weight is 133 g/mol. The van der Waals surface area contributed by atoms with Crippen molar-refractivity contribution in [3.8, 4) is 12.3 Å². The number of alkyl halides is 1. The molecule has 0 fully saturated rings. The minimum atomic E-state index is 0.400. The molecule has 1 nitrogen and oxygen atoms in total. The second kappa shape index (κ2) is 6.81. The molecule has 0 aliphatic rings. The maximum Gasteiger partial charge on any atom is 0.107 e. The fourth-order valence-electron chi connectivity index (χ4n) is 0.288. The number of hydrogen-bond donors (Lipinski definition) is 0. The van der Waals surface area contributed by atoms with Gasteiger partial charge in [0.25, 0.3) is 0 Å². The highest BCUT2D eigenvalue weighted by Crippen LogP contribution is 1.84. The van der Waals surface area contributed by atoms with E-state index in [1.54, 1.807) is 0 Å². The van der Waals surface area contributed by atoms with E-state index in [4.69, 9.17) is 22.8 Å². The first kappa shape index (κ1) is 7.81. The van der Waals surface area contributed by atoms with E-state index in [0.717, 1.165) is 6.42 Å². The third-order valence-electron chi connectivity index (χ3n) is 0.608. The molecule has 0 amide bonds. The zero-order valence-electron chi connectivity index (χ0n) is 4.69. The predicted molar refractivity (Wildman–Crippen MR) is 35.0 cm³/mol. The SMILES string of the molecule is C#CCOCCCCl. The average Bonchev–Trinajstić information content (AvgIpc) is 1.81. The molecule has 0 aliphatic heterocycles. The van der Waals surface area contributed by atoms with E-state index in [1.807, 2.05) is 0 Å². The predicted octanol–water partition coefficient (Wildman–Crippen LogP) is 1.27. The maximum atomic E-state index is 5.35. The molecule has 0 aromatic carbocycles. The van der Waals surface area contributed by atoms with Crippen molar-refractivity contribution in [2.75, 3.05) is 19.1 Å². The normalized spacial score (nSPS) is 8.50. The molecule has 0 aromatic heterocycles. The van der Waals surface area contributed by atoms with E-state index in [2.05, 4.69) is 5.92 Å². The molecule has 0 N–H and O–H groups in total. The van der Waals surface area contributed by atoms with Crippen LogP contribution in [-0.4, -0.2) is 19.1 Å². The van der Waals surface area contributed by atoms with Gasteiger partial charge in [-0.2, -0.15) is 0 Å². The van der Waals surface area contributed by atoms with Crippen LogP contribution < -0.4 is 0 Å². The maximum absolute atomic E-state index is 5.35. The molecule has 0 unspecified atom stereocenters. The van der Waals surface area contributed by atoms with Crippen LogP contribution in [0.25, 0.3) is 0 Å². The molecule has 46 valence electrons. The summed E-state index contributed by atoms with van der Waals surface area (Å²) in [7, 11) is 0. The van der Waals surface area contributed by atoms with E-state index in [9.17, 15) is 0 Å². The van der Waals surface area contributed by atoms with Gasteiger partial charge in [0.15, 0.2) is 0 Å². The first-order chi connectivity index (χ1) is 3.91. The Morgan fingerprint density at radius 3 is 2.88 bits per heavy atom. The highest BCUT2D eigenvalue weighted by molar-refractivity contribution is 6.17. The lowest BCUT2D eigenvalue weighted by atomic mass is 10.5. The highest BCUT2D eigenvalue weighted by Gasteiger charge is 1.81. The Morgan fingerprint density at radius 2 is 2.38 bits per heavy atom. The summed E-state index contributed by atoms with van der Waals surface area (Å²) in [6, 6.07) is 0. The molecular formula is C6H9ClO. The van der Waals surface area contributed by atoms with Crippen molar-refractivity contribution in [1.29, 1.82) is 0 Å². The first-order valence-electron chi connectivity index (χ1n) is 2.49. The van der Waals surface area contributed by atoms with Crippen LogP contribution in [0.5, 0.6) is 0 Å². The Hall–Kier alpha value is -0.190. The minimum absolute atomic E-state index is 0.400. The fourth-order valence-corrected chi connectivity index (χ4v) is 0.397. The number of terminal acetylenes is 1. The van der Waals surface area contributed by atoms with Gasteiger partial charge in [0.1, 0.15) is 6.61 Å². The van der Waals surface area contributed by atoms with E-state index < -0.39 is 0 Å². The summed E-state index contributed by atoms with van der Waals surface area (Å²) in [5.74, 6) is 3.00. The summed E-state index contributed by atoms with van der Waals surface area (Å²) in [5, 5.41) is 0. The van der Waals surface area contributed by atoms with E-state index in [1.165, 1.54) is 0 Å². The van der Waals surface area contributed by atoms with E-state index >= 15 is 0 Å². The van der Waals surface area contributed by atoms with Gasteiger partial charge >= 0.3 is 0 Å². The summed E-state index contributed by atoms with van der Waals surface area (Å²) in [4.78, 5) is 0. The zero-order chi connectivity index (χ0) is 6.24. The molecule has 2 heteroatoms. The van der Waals surface area contributed by atoms with Gasteiger partial charge in [-0.3, -0.25) is 0 Å². The van der Waals surface area contributed by atoms with Gasteiger partial charge in [0.2, 0.25) is 0 Å². The van der Waals surface area contributed by atoms with Crippen LogP contribution in [0, 0.1) is 12.3 Å². The molecule has 0 aliphatic carbocycles. The van der Waals surface area contributed by atoms with Gasteiger partial charge in [0, 0.05) is 12.5 Å². The van der Waals surface area contributed by atoms with E-state index in [0.29, 0.717) is 19.1 Å². The molecule has 0 bridgehead atoms. The molecule has 0 spiro atoms. The topological polar surface area (TPSA) is 9.23 Å². The van der Waals surface area contributed by atoms with Crippen LogP contribution in [0.15, 0.2) is 0 Å². The van der Waals surface area contributed by atoms with Gasteiger partial charge in [-0.05, 0) is 6.42 Å². The van der Waals surface area contributed by atoms with Crippen LogP contribution >= 0.6 is 11.6 Å².